The molecule has 4 nitrogen and oxygen atoms in total. The first-order valence-electron chi connectivity index (χ1n) is 7.33. The highest BCUT2D eigenvalue weighted by atomic mass is 19.1. The van der Waals surface area contributed by atoms with Crippen LogP contribution in [0.25, 0.3) is 0 Å². The Hall–Kier alpha value is -1.75. The van der Waals surface area contributed by atoms with Crippen molar-refractivity contribution in [2.75, 3.05) is 6.54 Å². The Morgan fingerprint density at radius 2 is 1.86 bits per heavy atom. The SMILES string of the molecule is CC(C)(c1ccc(F)cc1)c1noc(CCCCCN)n1. The molecule has 2 rings (SSSR count). The highest BCUT2D eigenvalue weighted by Gasteiger charge is 2.28. The highest BCUT2D eigenvalue weighted by Crippen LogP contribution is 2.29. The Bertz CT molecular complexity index is 563. The average Bonchev–Trinajstić information content (AvgIpc) is 2.94. The molecule has 0 fully saturated rings. The predicted octanol–water partition coefficient (Wildman–Crippen LogP) is 3.21. The summed E-state index contributed by atoms with van der Waals surface area (Å²) in [6.07, 6.45) is 3.85. The number of nitrogens with two attached hydrogens (primary N) is 1. The number of hydrogen-bond donors (Lipinski definition) is 1. The maximum Gasteiger partial charge on any atom is 0.226 e. The molecule has 0 aliphatic rings. The fourth-order valence-corrected chi connectivity index (χ4v) is 2.20. The molecule has 1 aromatic heterocycles. The van der Waals surface area contributed by atoms with Gasteiger partial charge >= 0.3 is 0 Å². The maximum atomic E-state index is 13.0. The van der Waals surface area contributed by atoms with Gasteiger partial charge in [-0.25, -0.2) is 4.39 Å². The summed E-state index contributed by atoms with van der Waals surface area (Å²) in [5.74, 6) is 1.03. The van der Waals surface area contributed by atoms with Crippen LogP contribution in [0.15, 0.2) is 28.8 Å². The van der Waals surface area contributed by atoms with Crippen molar-refractivity contribution in [2.24, 2.45) is 5.73 Å². The van der Waals surface area contributed by atoms with Crippen molar-refractivity contribution in [3.05, 3.63) is 47.4 Å². The fourth-order valence-electron chi connectivity index (χ4n) is 2.20. The average molecular weight is 291 g/mol. The Morgan fingerprint density at radius 3 is 2.52 bits per heavy atom. The van der Waals surface area contributed by atoms with E-state index in [9.17, 15) is 4.39 Å². The normalized spacial score (nSPS) is 11.8. The second-order valence-electron chi connectivity index (χ2n) is 5.74. The first-order chi connectivity index (χ1) is 10.0. The van der Waals surface area contributed by atoms with Crippen molar-refractivity contribution in [3.8, 4) is 0 Å². The van der Waals surface area contributed by atoms with Gasteiger partial charge < -0.3 is 10.3 Å². The van der Waals surface area contributed by atoms with Gasteiger partial charge in [-0.1, -0.05) is 23.7 Å². The number of hydrogen-bond acceptors (Lipinski definition) is 4. The van der Waals surface area contributed by atoms with E-state index < -0.39 is 5.41 Å². The van der Waals surface area contributed by atoms with E-state index in [1.165, 1.54) is 12.1 Å². The van der Waals surface area contributed by atoms with Crippen molar-refractivity contribution in [1.82, 2.24) is 10.1 Å². The van der Waals surface area contributed by atoms with E-state index in [0.29, 0.717) is 18.3 Å². The molecule has 5 heteroatoms. The van der Waals surface area contributed by atoms with E-state index in [0.717, 1.165) is 31.2 Å². The lowest BCUT2D eigenvalue weighted by Crippen LogP contribution is -2.20. The molecule has 0 aliphatic heterocycles. The summed E-state index contributed by atoms with van der Waals surface area (Å²) in [7, 11) is 0. The van der Waals surface area contributed by atoms with Gasteiger partial charge in [0, 0.05) is 6.42 Å². The van der Waals surface area contributed by atoms with Crippen LogP contribution in [0.4, 0.5) is 4.39 Å². The number of nitrogens with zero attached hydrogens (tertiary/aromatic N) is 2. The molecular weight excluding hydrogens is 269 g/mol. The van der Waals surface area contributed by atoms with Gasteiger partial charge in [-0.15, -0.1) is 0 Å². The van der Waals surface area contributed by atoms with Crippen molar-refractivity contribution < 1.29 is 8.91 Å². The molecule has 0 spiro atoms. The standard InChI is InChI=1S/C16H22FN3O/c1-16(2,12-7-9-13(17)10-8-12)15-19-14(21-20-15)6-4-3-5-11-18/h7-10H,3-6,11,18H2,1-2H3. The lowest BCUT2D eigenvalue weighted by atomic mass is 9.84. The zero-order valence-corrected chi connectivity index (χ0v) is 12.6. The van der Waals surface area contributed by atoms with E-state index >= 15 is 0 Å². The summed E-state index contributed by atoms with van der Waals surface area (Å²) in [4.78, 5) is 4.48. The molecule has 0 aliphatic carbocycles. The minimum absolute atomic E-state index is 0.247. The first-order valence-corrected chi connectivity index (χ1v) is 7.33. The number of benzene rings is 1. The van der Waals surface area contributed by atoms with Crippen LogP contribution in [-0.4, -0.2) is 16.7 Å². The van der Waals surface area contributed by atoms with Gasteiger partial charge in [0.05, 0.1) is 5.41 Å². The third kappa shape index (κ3) is 3.88. The Labute approximate surface area is 124 Å². The highest BCUT2D eigenvalue weighted by molar-refractivity contribution is 5.30. The van der Waals surface area contributed by atoms with Crippen LogP contribution in [0, 0.1) is 5.82 Å². The molecule has 0 atom stereocenters. The number of halogens is 1. The van der Waals surface area contributed by atoms with Crippen LogP contribution in [0.2, 0.25) is 0 Å². The van der Waals surface area contributed by atoms with Gasteiger partial charge in [0.25, 0.3) is 0 Å². The molecule has 0 unspecified atom stereocenters. The van der Waals surface area contributed by atoms with Gasteiger partial charge in [0.15, 0.2) is 5.82 Å². The summed E-state index contributed by atoms with van der Waals surface area (Å²) in [5.41, 5.74) is 6.01. The molecule has 114 valence electrons. The molecule has 0 saturated carbocycles. The smallest absolute Gasteiger partial charge is 0.226 e. The second-order valence-corrected chi connectivity index (χ2v) is 5.74. The molecule has 2 N–H and O–H groups in total. The first kappa shape index (κ1) is 15.6. The molecule has 0 bridgehead atoms. The minimum Gasteiger partial charge on any atom is -0.339 e. The number of unbranched alkanes of at least 4 members (excludes halogenated alkanes) is 2. The Kier molecular flexibility index (Phi) is 5.07. The summed E-state index contributed by atoms with van der Waals surface area (Å²) in [5, 5.41) is 4.08. The summed E-state index contributed by atoms with van der Waals surface area (Å²) in [6.45, 7) is 4.72. The molecule has 1 aromatic carbocycles. The van der Waals surface area contributed by atoms with Crippen LogP contribution >= 0.6 is 0 Å². The molecule has 2 aromatic rings. The van der Waals surface area contributed by atoms with Gasteiger partial charge in [-0.3, -0.25) is 0 Å². The van der Waals surface area contributed by atoms with Crippen molar-refractivity contribution in [1.29, 1.82) is 0 Å². The van der Waals surface area contributed by atoms with Crippen molar-refractivity contribution in [2.45, 2.75) is 44.9 Å². The molecule has 0 amide bonds. The van der Waals surface area contributed by atoms with Crippen LogP contribution in [0.3, 0.4) is 0 Å². The van der Waals surface area contributed by atoms with Crippen LogP contribution in [0.1, 0.15) is 50.4 Å². The summed E-state index contributed by atoms with van der Waals surface area (Å²) < 4.78 is 18.3. The van der Waals surface area contributed by atoms with Gasteiger partial charge in [0.2, 0.25) is 5.89 Å². The largest absolute Gasteiger partial charge is 0.339 e. The maximum absolute atomic E-state index is 13.0. The number of aromatic nitrogens is 2. The van der Waals surface area contributed by atoms with E-state index in [2.05, 4.69) is 10.1 Å². The second kappa shape index (κ2) is 6.80. The summed E-state index contributed by atoms with van der Waals surface area (Å²) >= 11 is 0. The topological polar surface area (TPSA) is 64.9 Å². The van der Waals surface area contributed by atoms with Crippen molar-refractivity contribution in [3.63, 3.8) is 0 Å². The Balaban J connectivity index is 2.06. The predicted molar refractivity (Wildman–Crippen MR) is 79.4 cm³/mol. The molecular formula is C16H22FN3O. The minimum atomic E-state index is -0.410. The lowest BCUT2D eigenvalue weighted by molar-refractivity contribution is 0.362. The third-order valence-corrected chi connectivity index (χ3v) is 3.69. The third-order valence-electron chi connectivity index (χ3n) is 3.69. The van der Waals surface area contributed by atoms with E-state index in [1.54, 1.807) is 12.1 Å². The molecule has 0 radical (unpaired) electrons. The zero-order valence-electron chi connectivity index (χ0n) is 12.6. The van der Waals surface area contributed by atoms with Gasteiger partial charge in [-0.05, 0) is 50.9 Å². The lowest BCUT2D eigenvalue weighted by Gasteiger charge is -2.20. The van der Waals surface area contributed by atoms with Crippen LogP contribution < -0.4 is 5.73 Å². The van der Waals surface area contributed by atoms with E-state index in [-0.39, 0.29) is 5.82 Å². The summed E-state index contributed by atoms with van der Waals surface area (Å²) in [6, 6.07) is 6.41. The Morgan fingerprint density at radius 1 is 1.14 bits per heavy atom. The van der Waals surface area contributed by atoms with Crippen LogP contribution in [-0.2, 0) is 11.8 Å². The van der Waals surface area contributed by atoms with Crippen LogP contribution in [0.5, 0.6) is 0 Å². The van der Waals surface area contributed by atoms with Gasteiger partial charge in [-0.2, -0.15) is 4.98 Å². The number of rotatable bonds is 7. The number of aryl methyl sites for hydroxylation is 1. The fraction of sp³-hybridized carbons (Fsp3) is 0.500. The monoisotopic (exact) mass is 291 g/mol. The molecule has 21 heavy (non-hydrogen) atoms. The zero-order chi connectivity index (χ0) is 15.3. The molecule has 1 heterocycles. The molecule has 0 saturated heterocycles. The van der Waals surface area contributed by atoms with E-state index in [1.807, 2.05) is 13.8 Å². The van der Waals surface area contributed by atoms with Gasteiger partial charge in [0.1, 0.15) is 5.82 Å². The van der Waals surface area contributed by atoms with E-state index in [4.69, 9.17) is 10.3 Å². The quantitative estimate of drug-likeness (QED) is 0.796. The van der Waals surface area contributed by atoms with Crippen molar-refractivity contribution >= 4 is 0 Å².